The van der Waals surface area contributed by atoms with Crippen LogP contribution in [-0.2, 0) is 25.9 Å². The van der Waals surface area contributed by atoms with E-state index in [0.29, 0.717) is 0 Å². The van der Waals surface area contributed by atoms with Crippen LogP contribution in [-0.4, -0.2) is 13.1 Å². The Bertz CT molecular complexity index is 573. The molecule has 0 heterocycles. The first-order valence-electron chi connectivity index (χ1n) is 6.80. The van der Waals surface area contributed by atoms with Crippen molar-refractivity contribution in [3.8, 4) is 11.1 Å². The van der Waals surface area contributed by atoms with E-state index in [1.54, 1.807) is 0 Å². The van der Waals surface area contributed by atoms with Gasteiger partial charge in [-0.05, 0) is 42.2 Å². The van der Waals surface area contributed by atoms with Gasteiger partial charge >= 0.3 is 0 Å². The van der Waals surface area contributed by atoms with Crippen molar-refractivity contribution < 1.29 is 19.5 Å². The van der Waals surface area contributed by atoms with Crippen molar-refractivity contribution in [3.05, 3.63) is 53.6 Å². The maximum Gasteiger partial charge on any atom is 0.0408 e. The Balaban J connectivity index is 0.00000133. The molecule has 2 aromatic rings. The molecule has 0 N–H and O–H groups in total. The Morgan fingerprint density at radius 3 is 2.32 bits per heavy atom. The zero-order chi connectivity index (χ0) is 12.5. The molecule has 1 aliphatic carbocycles. The van der Waals surface area contributed by atoms with Gasteiger partial charge in [-0.25, -0.2) is 0 Å². The smallest absolute Gasteiger partial charge is 0.0408 e. The van der Waals surface area contributed by atoms with Gasteiger partial charge in [0.25, 0.3) is 0 Å². The van der Waals surface area contributed by atoms with Crippen molar-refractivity contribution >= 4 is 5.69 Å². The van der Waals surface area contributed by atoms with Crippen molar-refractivity contribution in [2.75, 3.05) is 18.0 Å². The molecule has 0 radical (unpaired) electrons. The molecule has 0 aliphatic heterocycles. The molecule has 1 nitrogen and oxygen atoms in total. The maximum atomic E-state index is 2.45. The summed E-state index contributed by atoms with van der Waals surface area (Å²) in [7, 11) is 0. The van der Waals surface area contributed by atoms with Crippen LogP contribution >= 0.6 is 0 Å². The van der Waals surface area contributed by atoms with Crippen molar-refractivity contribution in [1.82, 2.24) is 0 Å². The Kier molecular flexibility index (Phi) is 4.42. The van der Waals surface area contributed by atoms with Crippen molar-refractivity contribution in [2.45, 2.75) is 20.3 Å². The topological polar surface area (TPSA) is 3.24 Å². The van der Waals surface area contributed by atoms with Gasteiger partial charge in [0.2, 0.25) is 0 Å². The second-order valence-corrected chi connectivity index (χ2v) is 4.81. The summed E-state index contributed by atoms with van der Waals surface area (Å²) in [6.45, 7) is 6.60. The minimum Gasteiger partial charge on any atom is -0.372 e. The monoisotopic (exact) mass is 339 g/mol. The fourth-order valence-electron chi connectivity index (χ4n) is 3.00. The number of nitrogens with zero attached hydrogens (tertiary/aromatic N) is 1. The third-order valence-corrected chi connectivity index (χ3v) is 3.93. The van der Waals surface area contributed by atoms with E-state index in [-0.39, 0.29) is 19.5 Å². The standard InChI is InChI=1S/C17H19N.Ru/c1-3-18(4-2)17-11-7-10-15-14-9-6-5-8-13(14)12-16(15)17;/h5-11H,3-4,12H2,1-2H3;. The summed E-state index contributed by atoms with van der Waals surface area (Å²) >= 11 is 0. The first-order chi connectivity index (χ1) is 8.85. The number of hydrogen-bond donors (Lipinski definition) is 0. The number of hydrogen-bond acceptors (Lipinski definition) is 1. The van der Waals surface area contributed by atoms with Gasteiger partial charge in [0.15, 0.2) is 0 Å². The third-order valence-electron chi connectivity index (χ3n) is 3.93. The summed E-state index contributed by atoms with van der Waals surface area (Å²) in [6.07, 6.45) is 1.08. The summed E-state index contributed by atoms with van der Waals surface area (Å²) in [5.74, 6) is 0. The molecule has 1 aliphatic rings. The van der Waals surface area contributed by atoms with Gasteiger partial charge in [0, 0.05) is 44.7 Å². The fourth-order valence-corrected chi connectivity index (χ4v) is 3.00. The summed E-state index contributed by atoms with van der Waals surface area (Å²) < 4.78 is 0. The number of fused-ring (bicyclic) bond motifs is 3. The Hall–Kier alpha value is -1.14. The first kappa shape index (κ1) is 14.3. The van der Waals surface area contributed by atoms with E-state index < -0.39 is 0 Å². The van der Waals surface area contributed by atoms with Crippen LogP contribution in [0.4, 0.5) is 5.69 Å². The molecule has 0 bridgehead atoms. The molecule has 0 saturated heterocycles. The first-order valence-corrected chi connectivity index (χ1v) is 6.80. The van der Waals surface area contributed by atoms with Crippen LogP contribution in [0, 0.1) is 0 Å². The van der Waals surface area contributed by atoms with E-state index in [1.165, 1.54) is 27.9 Å². The van der Waals surface area contributed by atoms with Gasteiger partial charge in [-0.15, -0.1) is 0 Å². The van der Waals surface area contributed by atoms with Crippen molar-refractivity contribution in [2.24, 2.45) is 0 Å². The second kappa shape index (κ2) is 5.88. The Labute approximate surface area is 128 Å². The van der Waals surface area contributed by atoms with E-state index in [9.17, 15) is 0 Å². The molecule has 100 valence electrons. The number of benzene rings is 2. The summed E-state index contributed by atoms with van der Waals surface area (Å²) in [5.41, 5.74) is 7.22. The molecule has 0 atom stereocenters. The van der Waals surface area contributed by atoms with Gasteiger partial charge < -0.3 is 4.90 Å². The van der Waals surface area contributed by atoms with Crippen LogP contribution in [0.15, 0.2) is 42.5 Å². The minimum atomic E-state index is 0. The molecule has 0 fully saturated rings. The molecule has 0 aromatic heterocycles. The summed E-state index contributed by atoms with van der Waals surface area (Å²) in [5, 5.41) is 0. The molecule has 0 unspecified atom stereocenters. The molecule has 0 saturated carbocycles. The molecular weight excluding hydrogens is 319 g/mol. The second-order valence-electron chi connectivity index (χ2n) is 4.81. The van der Waals surface area contributed by atoms with Gasteiger partial charge in [0.1, 0.15) is 0 Å². The molecule has 3 rings (SSSR count). The minimum absolute atomic E-state index is 0. The molecule has 0 amide bonds. The number of rotatable bonds is 3. The van der Waals surface area contributed by atoms with Crippen LogP contribution in [0.5, 0.6) is 0 Å². The number of anilines is 1. The fraction of sp³-hybridized carbons (Fsp3) is 0.294. The molecular formula is C17H19NRu. The van der Waals surface area contributed by atoms with Crippen molar-refractivity contribution in [3.63, 3.8) is 0 Å². The van der Waals surface area contributed by atoms with E-state index in [4.69, 9.17) is 0 Å². The van der Waals surface area contributed by atoms with Crippen LogP contribution < -0.4 is 4.90 Å². The largest absolute Gasteiger partial charge is 0.372 e. The Morgan fingerprint density at radius 1 is 0.895 bits per heavy atom. The van der Waals surface area contributed by atoms with Crippen LogP contribution in [0.1, 0.15) is 25.0 Å². The SMILES string of the molecule is CCN(CC)c1cccc2c1Cc1ccccc1-2.[Ru]. The average Bonchev–Trinajstić information content (AvgIpc) is 2.80. The van der Waals surface area contributed by atoms with Crippen molar-refractivity contribution in [1.29, 1.82) is 0 Å². The van der Waals surface area contributed by atoms with Gasteiger partial charge in [-0.3, -0.25) is 0 Å². The Morgan fingerprint density at radius 2 is 1.58 bits per heavy atom. The molecule has 2 heteroatoms. The average molecular weight is 338 g/mol. The third kappa shape index (κ3) is 2.34. The normalized spacial score (nSPS) is 11.5. The summed E-state index contributed by atoms with van der Waals surface area (Å²) in [6, 6.07) is 15.5. The van der Waals surface area contributed by atoms with E-state index in [1.807, 2.05) is 0 Å². The van der Waals surface area contributed by atoms with Crippen LogP contribution in [0.3, 0.4) is 0 Å². The van der Waals surface area contributed by atoms with Gasteiger partial charge in [-0.2, -0.15) is 0 Å². The summed E-state index contributed by atoms with van der Waals surface area (Å²) in [4.78, 5) is 2.45. The van der Waals surface area contributed by atoms with E-state index in [2.05, 4.69) is 61.2 Å². The van der Waals surface area contributed by atoms with Gasteiger partial charge in [0.05, 0.1) is 0 Å². The van der Waals surface area contributed by atoms with Crippen LogP contribution in [0.25, 0.3) is 11.1 Å². The quantitative estimate of drug-likeness (QED) is 0.650. The van der Waals surface area contributed by atoms with E-state index >= 15 is 0 Å². The van der Waals surface area contributed by atoms with Gasteiger partial charge in [-0.1, -0.05) is 36.4 Å². The predicted octanol–water partition coefficient (Wildman–Crippen LogP) is 4.10. The van der Waals surface area contributed by atoms with E-state index in [0.717, 1.165) is 19.5 Å². The maximum absolute atomic E-state index is 2.45. The molecule has 19 heavy (non-hydrogen) atoms. The zero-order valence-electron chi connectivity index (χ0n) is 11.5. The molecule has 0 spiro atoms. The molecule has 2 aromatic carbocycles. The van der Waals surface area contributed by atoms with Crippen LogP contribution in [0.2, 0.25) is 0 Å². The predicted molar refractivity (Wildman–Crippen MR) is 78.2 cm³/mol. The zero-order valence-corrected chi connectivity index (χ0v) is 13.2.